The van der Waals surface area contributed by atoms with Crippen molar-refractivity contribution in [1.29, 1.82) is 0 Å². The molecule has 0 amide bonds. The molecule has 3 nitrogen and oxygen atoms in total. The molecule has 0 aliphatic carbocycles. The number of halogens is 4. The van der Waals surface area contributed by atoms with Crippen LogP contribution in [0.4, 0.5) is 13.2 Å². The van der Waals surface area contributed by atoms with Gasteiger partial charge in [0.1, 0.15) is 5.75 Å². The van der Waals surface area contributed by atoms with Crippen molar-refractivity contribution in [3.05, 3.63) is 21.0 Å². The van der Waals surface area contributed by atoms with Gasteiger partial charge in [-0.3, -0.25) is 4.98 Å². The second-order valence-corrected chi connectivity index (χ2v) is 3.81. The summed E-state index contributed by atoms with van der Waals surface area (Å²) in [5.74, 6) is -0.334. The molecule has 0 aliphatic heterocycles. The lowest BCUT2D eigenvalue weighted by Gasteiger charge is -2.12. The Labute approximate surface area is 97.4 Å². The van der Waals surface area contributed by atoms with Crippen molar-refractivity contribution in [2.45, 2.75) is 19.9 Å². The maximum absolute atomic E-state index is 12.0. The van der Waals surface area contributed by atoms with Crippen LogP contribution >= 0.6 is 22.6 Å². The van der Waals surface area contributed by atoms with Gasteiger partial charge in [-0.05, 0) is 29.5 Å². The lowest BCUT2D eigenvalue weighted by atomic mass is 10.3. The maximum Gasteiger partial charge on any atom is 0.573 e. The van der Waals surface area contributed by atoms with Gasteiger partial charge in [0.25, 0.3) is 0 Å². The van der Waals surface area contributed by atoms with Crippen molar-refractivity contribution < 1.29 is 23.0 Å². The van der Waals surface area contributed by atoms with Crippen LogP contribution in [0.2, 0.25) is 0 Å². The van der Waals surface area contributed by atoms with Crippen LogP contribution in [0.15, 0.2) is 6.07 Å². The molecule has 0 bridgehead atoms. The smallest absolute Gasteiger partial charge is 0.405 e. The SMILES string of the molecule is Cc1cc(OC(F)(F)F)c(I)c(CO)n1. The van der Waals surface area contributed by atoms with Gasteiger partial charge in [-0.2, -0.15) is 0 Å². The minimum Gasteiger partial charge on any atom is -0.405 e. The number of aliphatic hydroxyl groups excluding tert-OH is 1. The van der Waals surface area contributed by atoms with Crippen molar-refractivity contribution in [1.82, 2.24) is 4.98 Å². The molecule has 1 N–H and O–H groups in total. The number of rotatable bonds is 2. The topological polar surface area (TPSA) is 42.4 Å². The summed E-state index contributed by atoms with van der Waals surface area (Å²) in [4.78, 5) is 3.88. The van der Waals surface area contributed by atoms with E-state index in [1.165, 1.54) is 13.0 Å². The van der Waals surface area contributed by atoms with Crippen molar-refractivity contribution in [2.75, 3.05) is 0 Å². The Morgan fingerprint density at radius 3 is 2.60 bits per heavy atom. The summed E-state index contributed by atoms with van der Waals surface area (Å²) in [6.07, 6.45) is -4.74. The van der Waals surface area contributed by atoms with Gasteiger partial charge in [-0.15, -0.1) is 13.2 Å². The highest BCUT2D eigenvalue weighted by Crippen LogP contribution is 2.29. The minimum absolute atomic E-state index is 0.165. The fourth-order valence-electron chi connectivity index (χ4n) is 0.993. The van der Waals surface area contributed by atoms with E-state index in [1.54, 1.807) is 22.6 Å². The van der Waals surface area contributed by atoms with Crippen LogP contribution < -0.4 is 4.74 Å². The number of aryl methyl sites for hydroxylation is 1. The molecule has 0 atom stereocenters. The Morgan fingerprint density at radius 1 is 1.53 bits per heavy atom. The van der Waals surface area contributed by atoms with Crippen molar-refractivity contribution in [3.8, 4) is 5.75 Å². The average molecular weight is 333 g/mol. The van der Waals surface area contributed by atoms with Gasteiger partial charge >= 0.3 is 6.36 Å². The summed E-state index contributed by atoms with van der Waals surface area (Å²) in [6, 6.07) is 1.18. The molecule has 0 aromatic carbocycles. The van der Waals surface area contributed by atoms with E-state index in [2.05, 4.69) is 9.72 Å². The maximum atomic E-state index is 12.0. The molecular formula is C8H7F3INO2. The molecule has 7 heteroatoms. The molecule has 84 valence electrons. The van der Waals surface area contributed by atoms with Gasteiger partial charge in [0.05, 0.1) is 15.9 Å². The van der Waals surface area contributed by atoms with Gasteiger partial charge in [0.2, 0.25) is 0 Å². The van der Waals surface area contributed by atoms with Crippen molar-refractivity contribution >= 4 is 22.6 Å². The van der Waals surface area contributed by atoms with Crippen LogP contribution in [0.5, 0.6) is 5.75 Å². The van der Waals surface area contributed by atoms with E-state index in [-0.39, 0.29) is 15.0 Å². The van der Waals surface area contributed by atoms with Gasteiger partial charge < -0.3 is 9.84 Å². The third-order valence-corrected chi connectivity index (χ3v) is 2.65. The molecule has 0 unspecified atom stereocenters. The van der Waals surface area contributed by atoms with Crippen molar-refractivity contribution in [2.24, 2.45) is 0 Å². The molecule has 1 rings (SSSR count). The predicted molar refractivity (Wildman–Crippen MR) is 54.3 cm³/mol. The summed E-state index contributed by atoms with van der Waals surface area (Å²) in [5, 5.41) is 8.86. The van der Waals surface area contributed by atoms with Gasteiger partial charge in [-0.1, -0.05) is 0 Å². The zero-order chi connectivity index (χ0) is 11.6. The molecule has 0 saturated carbocycles. The fraction of sp³-hybridized carbons (Fsp3) is 0.375. The van der Waals surface area contributed by atoms with E-state index >= 15 is 0 Å². The molecule has 0 spiro atoms. The first-order valence-corrected chi connectivity index (χ1v) is 4.94. The zero-order valence-corrected chi connectivity index (χ0v) is 9.76. The summed E-state index contributed by atoms with van der Waals surface area (Å²) in [6.45, 7) is 1.10. The third-order valence-electron chi connectivity index (χ3n) is 1.50. The Bertz CT molecular complexity index is 368. The fourth-order valence-corrected chi connectivity index (χ4v) is 1.55. The molecule has 0 radical (unpaired) electrons. The molecular weight excluding hydrogens is 326 g/mol. The number of alkyl halides is 3. The van der Waals surface area contributed by atoms with Gasteiger partial charge in [-0.25, -0.2) is 0 Å². The second kappa shape index (κ2) is 4.52. The van der Waals surface area contributed by atoms with Gasteiger partial charge in [0.15, 0.2) is 0 Å². The lowest BCUT2D eigenvalue weighted by Crippen LogP contribution is -2.18. The number of aromatic nitrogens is 1. The van der Waals surface area contributed by atoms with Crippen LogP contribution in [0.1, 0.15) is 11.4 Å². The lowest BCUT2D eigenvalue weighted by molar-refractivity contribution is -0.275. The first-order valence-electron chi connectivity index (χ1n) is 3.86. The van der Waals surface area contributed by atoms with Crippen LogP contribution in [-0.4, -0.2) is 16.5 Å². The predicted octanol–water partition coefficient (Wildman–Crippen LogP) is 2.39. The summed E-state index contributed by atoms with van der Waals surface area (Å²) in [5.41, 5.74) is 0.536. The highest BCUT2D eigenvalue weighted by molar-refractivity contribution is 14.1. The molecule has 0 saturated heterocycles. The molecule has 0 aliphatic rings. The van der Waals surface area contributed by atoms with E-state index in [9.17, 15) is 13.2 Å². The molecule has 1 heterocycles. The first-order chi connectivity index (χ1) is 6.83. The first kappa shape index (κ1) is 12.5. The summed E-state index contributed by atoms with van der Waals surface area (Å²) in [7, 11) is 0. The van der Waals surface area contributed by atoms with E-state index < -0.39 is 13.0 Å². The highest BCUT2D eigenvalue weighted by Gasteiger charge is 2.32. The average Bonchev–Trinajstić information content (AvgIpc) is 2.08. The molecule has 1 aromatic rings. The van der Waals surface area contributed by atoms with E-state index in [0.29, 0.717) is 5.69 Å². The summed E-state index contributed by atoms with van der Waals surface area (Å²) >= 11 is 1.65. The standard InChI is InChI=1S/C8H7F3INO2/c1-4-2-6(15-8(9,10)11)7(12)5(3-14)13-4/h2,14H,3H2,1H3. The van der Waals surface area contributed by atoms with Crippen LogP contribution in [0.25, 0.3) is 0 Å². The molecule has 0 fully saturated rings. The third kappa shape index (κ3) is 3.49. The number of pyridine rings is 1. The number of ether oxygens (including phenoxy) is 1. The van der Waals surface area contributed by atoms with Crippen LogP contribution in [0.3, 0.4) is 0 Å². The largest absolute Gasteiger partial charge is 0.573 e. The van der Waals surface area contributed by atoms with E-state index in [1.807, 2.05) is 0 Å². The second-order valence-electron chi connectivity index (χ2n) is 2.73. The monoisotopic (exact) mass is 333 g/mol. The zero-order valence-electron chi connectivity index (χ0n) is 7.60. The van der Waals surface area contributed by atoms with Crippen molar-refractivity contribution in [3.63, 3.8) is 0 Å². The number of hydrogen-bond acceptors (Lipinski definition) is 3. The quantitative estimate of drug-likeness (QED) is 0.845. The summed E-state index contributed by atoms with van der Waals surface area (Å²) < 4.78 is 39.9. The Hall–Kier alpha value is -0.570. The normalized spacial score (nSPS) is 11.6. The van der Waals surface area contributed by atoms with Crippen LogP contribution in [0, 0.1) is 10.5 Å². The number of hydrogen-bond donors (Lipinski definition) is 1. The Balaban J connectivity index is 3.12. The van der Waals surface area contributed by atoms with E-state index in [4.69, 9.17) is 5.11 Å². The number of nitrogens with zero attached hydrogens (tertiary/aromatic N) is 1. The van der Waals surface area contributed by atoms with E-state index in [0.717, 1.165) is 0 Å². The molecule has 15 heavy (non-hydrogen) atoms. The molecule has 1 aromatic heterocycles. The van der Waals surface area contributed by atoms with Gasteiger partial charge in [0, 0.05) is 11.8 Å². The van der Waals surface area contributed by atoms with Crippen LogP contribution in [-0.2, 0) is 6.61 Å². The highest BCUT2D eigenvalue weighted by atomic mass is 127. The minimum atomic E-state index is -4.74. The number of aliphatic hydroxyl groups is 1. The Kier molecular flexibility index (Phi) is 3.77. The Morgan fingerprint density at radius 2 is 2.13 bits per heavy atom.